The largest absolute Gasteiger partial charge is 0.494 e. The zero-order valence-corrected chi connectivity index (χ0v) is 13.4. The van der Waals surface area contributed by atoms with Gasteiger partial charge >= 0.3 is 0 Å². The molecule has 3 rings (SSSR count). The van der Waals surface area contributed by atoms with Gasteiger partial charge in [-0.3, -0.25) is 0 Å². The van der Waals surface area contributed by atoms with E-state index in [1.165, 1.54) is 17.7 Å². The van der Waals surface area contributed by atoms with Gasteiger partial charge in [-0.15, -0.1) is 0 Å². The standard InChI is InChI=1S/C18H27NO3/c1-2-21-13-8-9-17-15(12-13)18-14(6-5-11-22-18)16(19-17)7-3-4-10-20/h8-9,12,14,16,18-20H,2-7,10-11H2,1H3/t14-,16+,18-/m0/s1. The van der Waals surface area contributed by atoms with Gasteiger partial charge in [-0.05, 0) is 57.2 Å². The van der Waals surface area contributed by atoms with Gasteiger partial charge in [0.15, 0.2) is 0 Å². The van der Waals surface area contributed by atoms with Gasteiger partial charge in [0.1, 0.15) is 5.75 Å². The van der Waals surface area contributed by atoms with Crippen LogP contribution < -0.4 is 10.1 Å². The number of aliphatic hydroxyl groups is 1. The smallest absolute Gasteiger partial charge is 0.119 e. The van der Waals surface area contributed by atoms with E-state index < -0.39 is 0 Å². The summed E-state index contributed by atoms with van der Waals surface area (Å²) in [6.07, 6.45) is 5.57. The Labute approximate surface area is 132 Å². The molecule has 1 fully saturated rings. The van der Waals surface area contributed by atoms with Crippen LogP contribution in [-0.2, 0) is 4.74 Å². The van der Waals surface area contributed by atoms with Crippen LogP contribution in [0.15, 0.2) is 18.2 Å². The summed E-state index contributed by atoms with van der Waals surface area (Å²) in [7, 11) is 0. The van der Waals surface area contributed by atoms with E-state index >= 15 is 0 Å². The molecule has 0 radical (unpaired) electrons. The number of unbranched alkanes of at least 4 members (excludes halogenated alkanes) is 1. The van der Waals surface area contributed by atoms with E-state index in [0.29, 0.717) is 18.6 Å². The van der Waals surface area contributed by atoms with Crippen LogP contribution in [0.25, 0.3) is 0 Å². The van der Waals surface area contributed by atoms with Crippen molar-refractivity contribution in [1.82, 2.24) is 0 Å². The van der Waals surface area contributed by atoms with Crippen molar-refractivity contribution in [2.75, 3.05) is 25.1 Å². The van der Waals surface area contributed by atoms with Crippen LogP contribution in [0.5, 0.6) is 5.75 Å². The van der Waals surface area contributed by atoms with E-state index in [1.54, 1.807) is 0 Å². The number of anilines is 1. The van der Waals surface area contributed by atoms with Crippen molar-refractivity contribution < 1.29 is 14.6 Å². The van der Waals surface area contributed by atoms with Crippen LogP contribution in [0.2, 0.25) is 0 Å². The van der Waals surface area contributed by atoms with Crippen LogP contribution in [0.4, 0.5) is 5.69 Å². The topological polar surface area (TPSA) is 50.7 Å². The molecule has 2 aliphatic rings. The SMILES string of the molecule is CCOc1ccc2c(c1)[C@H]1OCCC[C@H]1[C@@H](CCCCO)N2. The third kappa shape index (κ3) is 3.23. The molecule has 3 atom stereocenters. The fourth-order valence-corrected chi connectivity index (χ4v) is 3.77. The highest BCUT2D eigenvalue weighted by Gasteiger charge is 2.38. The van der Waals surface area contributed by atoms with Crippen LogP contribution in [-0.4, -0.2) is 31.0 Å². The summed E-state index contributed by atoms with van der Waals surface area (Å²) in [5.41, 5.74) is 2.43. The molecule has 1 aromatic carbocycles. The number of aliphatic hydroxyl groups excluding tert-OH is 1. The lowest BCUT2D eigenvalue weighted by atomic mass is 9.78. The normalized spacial score (nSPS) is 26.7. The molecule has 0 saturated carbocycles. The summed E-state index contributed by atoms with van der Waals surface area (Å²) in [5.74, 6) is 1.45. The Morgan fingerprint density at radius 2 is 2.27 bits per heavy atom. The molecule has 0 unspecified atom stereocenters. The van der Waals surface area contributed by atoms with Gasteiger partial charge in [-0.25, -0.2) is 0 Å². The molecular weight excluding hydrogens is 278 g/mol. The second-order valence-electron chi connectivity index (χ2n) is 6.25. The molecule has 0 aromatic heterocycles. The van der Waals surface area contributed by atoms with E-state index in [9.17, 15) is 0 Å². The third-order valence-corrected chi connectivity index (χ3v) is 4.79. The maximum atomic E-state index is 9.01. The molecule has 0 aliphatic carbocycles. The second kappa shape index (κ2) is 7.34. The molecule has 122 valence electrons. The average molecular weight is 305 g/mol. The number of hydrogen-bond donors (Lipinski definition) is 2. The lowest BCUT2D eigenvalue weighted by Crippen LogP contribution is -2.41. The maximum absolute atomic E-state index is 9.01. The van der Waals surface area contributed by atoms with Gasteiger partial charge in [-0.2, -0.15) is 0 Å². The monoisotopic (exact) mass is 305 g/mol. The summed E-state index contributed by atoms with van der Waals surface area (Å²) in [6, 6.07) is 6.73. The minimum atomic E-state index is 0.185. The van der Waals surface area contributed by atoms with Gasteiger partial charge in [0.05, 0.1) is 12.7 Å². The van der Waals surface area contributed by atoms with Gasteiger partial charge in [0.25, 0.3) is 0 Å². The van der Waals surface area contributed by atoms with Gasteiger partial charge < -0.3 is 19.9 Å². The zero-order chi connectivity index (χ0) is 15.4. The molecule has 4 nitrogen and oxygen atoms in total. The summed E-state index contributed by atoms with van der Waals surface area (Å²) in [4.78, 5) is 0. The Hall–Kier alpha value is -1.26. The first-order valence-corrected chi connectivity index (χ1v) is 8.59. The molecule has 0 bridgehead atoms. The Morgan fingerprint density at radius 1 is 1.36 bits per heavy atom. The highest BCUT2D eigenvalue weighted by Crippen LogP contribution is 2.45. The van der Waals surface area contributed by atoms with Gasteiger partial charge in [-0.1, -0.05) is 0 Å². The first-order chi connectivity index (χ1) is 10.8. The van der Waals surface area contributed by atoms with E-state index in [4.69, 9.17) is 14.6 Å². The zero-order valence-electron chi connectivity index (χ0n) is 13.4. The molecule has 2 heterocycles. The number of fused-ring (bicyclic) bond motifs is 3. The van der Waals surface area contributed by atoms with Crippen LogP contribution in [0.1, 0.15) is 50.7 Å². The fraction of sp³-hybridized carbons (Fsp3) is 0.667. The van der Waals surface area contributed by atoms with Crippen molar-refractivity contribution in [2.45, 2.75) is 51.2 Å². The highest BCUT2D eigenvalue weighted by molar-refractivity contribution is 5.58. The fourth-order valence-electron chi connectivity index (χ4n) is 3.77. The van der Waals surface area contributed by atoms with E-state index in [2.05, 4.69) is 17.4 Å². The van der Waals surface area contributed by atoms with Crippen LogP contribution in [0, 0.1) is 5.92 Å². The molecule has 2 N–H and O–H groups in total. The lowest BCUT2D eigenvalue weighted by molar-refractivity contribution is -0.0388. The van der Waals surface area contributed by atoms with Gasteiger partial charge in [0, 0.05) is 36.4 Å². The maximum Gasteiger partial charge on any atom is 0.119 e. The first-order valence-electron chi connectivity index (χ1n) is 8.59. The average Bonchev–Trinajstić information content (AvgIpc) is 2.56. The molecule has 0 spiro atoms. The highest BCUT2D eigenvalue weighted by atomic mass is 16.5. The minimum Gasteiger partial charge on any atom is -0.494 e. The van der Waals surface area contributed by atoms with Crippen molar-refractivity contribution in [2.24, 2.45) is 5.92 Å². The van der Waals surface area contributed by atoms with Crippen molar-refractivity contribution in [3.8, 4) is 5.75 Å². The summed E-state index contributed by atoms with van der Waals surface area (Å²) in [6.45, 7) is 3.83. The Kier molecular flexibility index (Phi) is 5.21. The number of rotatable bonds is 6. The van der Waals surface area contributed by atoms with Crippen molar-refractivity contribution in [1.29, 1.82) is 0 Å². The lowest BCUT2D eigenvalue weighted by Gasteiger charge is -2.43. The summed E-state index contributed by atoms with van der Waals surface area (Å²) >= 11 is 0. The Morgan fingerprint density at radius 3 is 3.09 bits per heavy atom. The van der Waals surface area contributed by atoms with Crippen molar-refractivity contribution in [3.05, 3.63) is 23.8 Å². The molecule has 4 heteroatoms. The molecular formula is C18H27NO3. The molecule has 1 saturated heterocycles. The summed E-state index contributed by atoms with van der Waals surface area (Å²) < 4.78 is 11.8. The number of ether oxygens (including phenoxy) is 2. The predicted octanol–water partition coefficient (Wildman–Crippen LogP) is 3.51. The minimum absolute atomic E-state index is 0.185. The second-order valence-corrected chi connectivity index (χ2v) is 6.25. The van der Waals surface area contributed by atoms with E-state index in [-0.39, 0.29) is 12.7 Å². The van der Waals surface area contributed by atoms with Crippen molar-refractivity contribution >= 4 is 5.69 Å². The molecule has 0 amide bonds. The Balaban J connectivity index is 1.82. The quantitative estimate of drug-likeness (QED) is 0.790. The number of hydrogen-bond acceptors (Lipinski definition) is 4. The Bertz CT molecular complexity index is 491. The van der Waals surface area contributed by atoms with Gasteiger partial charge in [0.2, 0.25) is 0 Å². The molecule has 2 aliphatic heterocycles. The number of nitrogens with one attached hydrogen (secondary N) is 1. The van der Waals surface area contributed by atoms with Crippen LogP contribution >= 0.6 is 0 Å². The predicted molar refractivity (Wildman–Crippen MR) is 87.4 cm³/mol. The third-order valence-electron chi connectivity index (χ3n) is 4.79. The first kappa shape index (κ1) is 15.6. The van der Waals surface area contributed by atoms with Crippen molar-refractivity contribution in [3.63, 3.8) is 0 Å². The van der Waals surface area contributed by atoms with E-state index in [1.807, 2.05) is 13.0 Å². The van der Waals surface area contributed by atoms with E-state index in [0.717, 1.165) is 38.0 Å². The number of benzene rings is 1. The molecule has 22 heavy (non-hydrogen) atoms. The van der Waals surface area contributed by atoms with Crippen LogP contribution in [0.3, 0.4) is 0 Å². The summed E-state index contributed by atoms with van der Waals surface area (Å²) in [5, 5.41) is 12.7. The molecule has 1 aromatic rings.